The normalized spacial score (nSPS) is 11.7. The first-order valence-corrected chi connectivity index (χ1v) is 5.03. The van der Waals surface area contributed by atoms with Crippen LogP contribution in [0.5, 0.6) is 0 Å². The van der Waals surface area contributed by atoms with Crippen molar-refractivity contribution in [2.75, 3.05) is 0 Å². The van der Waals surface area contributed by atoms with E-state index in [1.54, 1.807) is 0 Å². The molecule has 84 valence electrons. The Morgan fingerprint density at radius 1 is 1.60 bits per heavy atom. The lowest BCUT2D eigenvalue weighted by Crippen LogP contribution is -2.15. The maximum absolute atomic E-state index is 10.4. The number of rotatable bonds is 3. The Morgan fingerprint density at radius 3 is 2.67 bits per heavy atom. The number of aryl methyl sites for hydroxylation is 1. The van der Waals surface area contributed by atoms with Crippen molar-refractivity contribution in [3.05, 3.63) is 33.8 Å². The largest absolute Gasteiger partial charge is 0.481 e. The van der Waals surface area contributed by atoms with Crippen molar-refractivity contribution in [3.8, 4) is 0 Å². The van der Waals surface area contributed by atoms with Crippen molar-refractivity contribution < 1.29 is 9.90 Å². The molecule has 0 fully saturated rings. The SMILES string of the molecule is Cc1cc([C@H](N)CC(=O)O)ccc1Br.Cl. The molecule has 3 N–H and O–H groups in total. The van der Waals surface area contributed by atoms with E-state index < -0.39 is 12.0 Å². The summed E-state index contributed by atoms with van der Waals surface area (Å²) in [6.07, 6.45) is -0.0406. The van der Waals surface area contributed by atoms with Crippen LogP contribution in [0.1, 0.15) is 23.6 Å². The maximum Gasteiger partial charge on any atom is 0.305 e. The summed E-state index contributed by atoms with van der Waals surface area (Å²) in [5, 5.41) is 8.58. The molecule has 0 heterocycles. The van der Waals surface area contributed by atoms with E-state index in [1.165, 1.54) is 0 Å². The number of hydrogen-bond acceptors (Lipinski definition) is 2. The number of carboxylic acids is 1. The van der Waals surface area contributed by atoms with Crippen molar-refractivity contribution in [1.82, 2.24) is 0 Å². The smallest absolute Gasteiger partial charge is 0.305 e. The average molecular weight is 295 g/mol. The van der Waals surface area contributed by atoms with Gasteiger partial charge in [-0.25, -0.2) is 0 Å². The van der Waals surface area contributed by atoms with Crippen LogP contribution < -0.4 is 5.73 Å². The average Bonchev–Trinajstić information content (AvgIpc) is 2.08. The second-order valence-electron chi connectivity index (χ2n) is 3.21. The van der Waals surface area contributed by atoms with Crippen LogP contribution in [0.3, 0.4) is 0 Å². The lowest BCUT2D eigenvalue weighted by atomic mass is 10.0. The fourth-order valence-corrected chi connectivity index (χ4v) is 1.45. The van der Waals surface area contributed by atoms with Crippen LogP contribution in [0.15, 0.2) is 22.7 Å². The van der Waals surface area contributed by atoms with E-state index in [-0.39, 0.29) is 18.8 Å². The predicted octanol–water partition coefficient (Wildman–Crippen LogP) is 2.65. The quantitative estimate of drug-likeness (QED) is 0.901. The van der Waals surface area contributed by atoms with Crippen LogP contribution in [0.4, 0.5) is 0 Å². The van der Waals surface area contributed by atoms with Crippen molar-refractivity contribution in [2.24, 2.45) is 5.73 Å². The van der Waals surface area contributed by atoms with Gasteiger partial charge in [-0.05, 0) is 24.1 Å². The van der Waals surface area contributed by atoms with Crippen LogP contribution in [0, 0.1) is 6.92 Å². The van der Waals surface area contributed by atoms with E-state index in [1.807, 2.05) is 25.1 Å². The van der Waals surface area contributed by atoms with Crippen LogP contribution >= 0.6 is 28.3 Å². The number of halogens is 2. The Kier molecular flexibility index (Phi) is 5.87. The van der Waals surface area contributed by atoms with Gasteiger partial charge in [0, 0.05) is 10.5 Å². The van der Waals surface area contributed by atoms with Gasteiger partial charge in [-0.1, -0.05) is 28.1 Å². The number of aliphatic carboxylic acids is 1. The third-order valence-electron chi connectivity index (χ3n) is 2.00. The summed E-state index contributed by atoms with van der Waals surface area (Å²) in [5.41, 5.74) is 7.63. The van der Waals surface area contributed by atoms with Gasteiger partial charge in [0.15, 0.2) is 0 Å². The first-order valence-electron chi connectivity index (χ1n) is 4.24. The molecule has 0 saturated heterocycles. The lowest BCUT2D eigenvalue weighted by molar-refractivity contribution is -0.137. The van der Waals surface area contributed by atoms with Gasteiger partial charge < -0.3 is 10.8 Å². The molecule has 15 heavy (non-hydrogen) atoms. The summed E-state index contributed by atoms with van der Waals surface area (Å²) in [5.74, 6) is -0.877. The molecule has 3 nitrogen and oxygen atoms in total. The Labute approximate surface area is 103 Å². The van der Waals surface area contributed by atoms with Crippen LogP contribution in [0.25, 0.3) is 0 Å². The minimum atomic E-state index is -0.877. The van der Waals surface area contributed by atoms with Gasteiger partial charge in [-0.2, -0.15) is 0 Å². The van der Waals surface area contributed by atoms with E-state index in [9.17, 15) is 4.79 Å². The molecular formula is C10H13BrClNO2. The zero-order valence-electron chi connectivity index (χ0n) is 8.24. The fourth-order valence-electron chi connectivity index (χ4n) is 1.20. The molecule has 0 aliphatic rings. The molecule has 0 aromatic heterocycles. The highest BCUT2D eigenvalue weighted by Crippen LogP contribution is 2.21. The van der Waals surface area contributed by atoms with Crippen molar-refractivity contribution >= 4 is 34.3 Å². The fraction of sp³-hybridized carbons (Fsp3) is 0.300. The van der Waals surface area contributed by atoms with E-state index in [2.05, 4.69) is 15.9 Å². The molecule has 0 unspecified atom stereocenters. The van der Waals surface area contributed by atoms with Crippen LogP contribution in [-0.4, -0.2) is 11.1 Å². The summed E-state index contributed by atoms with van der Waals surface area (Å²) in [6, 6.07) is 5.19. The topological polar surface area (TPSA) is 63.3 Å². The standard InChI is InChI=1S/C10H12BrNO2.ClH/c1-6-4-7(2-3-8(6)11)9(12)5-10(13)14;/h2-4,9H,5,12H2,1H3,(H,13,14);1H/t9-;/m1./s1. The van der Waals surface area contributed by atoms with Gasteiger partial charge in [0.2, 0.25) is 0 Å². The van der Waals surface area contributed by atoms with E-state index in [0.29, 0.717) is 0 Å². The molecule has 0 radical (unpaired) electrons. The highest BCUT2D eigenvalue weighted by molar-refractivity contribution is 9.10. The second-order valence-corrected chi connectivity index (χ2v) is 4.07. The van der Waals surface area contributed by atoms with Gasteiger partial charge in [-0.3, -0.25) is 4.79 Å². The summed E-state index contributed by atoms with van der Waals surface area (Å²) in [7, 11) is 0. The van der Waals surface area contributed by atoms with Crippen molar-refractivity contribution in [2.45, 2.75) is 19.4 Å². The molecule has 1 rings (SSSR count). The summed E-state index contributed by atoms with van der Waals surface area (Å²) >= 11 is 3.37. The number of carboxylic acid groups (broad SMARTS) is 1. The molecule has 0 amide bonds. The zero-order valence-corrected chi connectivity index (χ0v) is 10.6. The Bertz CT molecular complexity index is 357. The third kappa shape index (κ3) is 4.20. The zero-order chi connectivity index (χ0) is 10.7. The third-order valence-corrected chi connectivity index (χ3v) is 2.89. The minimum absolute atomic E-state index is 0. The Balaban J connectivity index is 0.00000196. The lowest BCUT2D eigenvalue weighted by Gasteiger charge is -2.10. The predicted molar refractivity (Wildman–Crippen MR) is 65.3 cm³/mol. The molecule has 5 heteroatoms. The number of carbonyl (C=O) groups is 1. The monoisotopic (exact) mass is 293 g/mol. The van der Waals surface area contributed by atoms with Crippen molar-refractivity contribution in [3.63, 3.8) is 0 Å². The first-order chi connectivity index (χ1) is 6.50. The maximum atomic E-state index is 10.4. The van der Waals surface area contributed by atoms with Crippen molar-refractivity contribution in [1.29, 1.82) is 0 Å². The molecule has 0 bridgehead atoms. The minimum Gasteiger partial charge on any atom is -0.481 e. The Hall–Kier alpha value is -0.580. The van der Waals surface area contributed by atoms with E-state index >= 15 is 0 Å². The number of nitrogens with two attached hydrogens (primary N) is 1. The van der Waals surface area contributed by atoms with Gasteiger partial charge in [0.1, 0.15) is 0 Å². The number of hydrogen-bond donors (Lipinski definition) is 2. The number of benzene rings is 1. The molecule has 1 atom stereocenters. The van der Waals surface area contributed by atoms with Gasteiger partial charge >= 0.3 is 5.97 Å². The molecule has 0 aliphatic carbocycles. The highest BCUT2D eigenvalue weighted by atomic mass is 79.9. The molecule has 0 aliphatic heterocycles. The summed E-state index contributed by atoms with van der Waals surface area (Å²) < 4.78 is 1.00. The summed E-state index contributed by atoms with van der Waals surface area (Å²) in [6.45, 7) is 1.95. The first kappa shape index (κ1) is 14.4. The second kappa shape index (κ2) is 6.10. The van der Waals surface area contributed by atoms with Gasteiger partial charge in [0.05, 0.1) is 6.42 Å². The van der Waals surface area contributed by atoms with Crippen LogP contribution in [0.2, 0.25) is 0 Å². The molecule has 0 saturated carbocycles. The van der Waals surface area contributed by atoms with E-state index in [0.717, 1.165) is 15.6 Å². The molecular weight excluding hydrogens is 281 g/mol. The van der Waals surface area contributed by atoms with Gasteiger partial charge in [-0.15, -0.1) is 12.4 Å². The van der Waals surface area contributed by atoms with Crippen LogP contribution in [-0.2, 0) is 4.79 Å². The molecule has 1 aromatic carbocycles. The highest BCUT2D eigenvalue weighted by Gasteiger charge is 2.10. The summed E-state index contributed by atoms with van der Waals surface area (Å²) in [4.78, 5) is 10.4. The Morgan fingerprint density at radius 2 is 2.20 bits per heavy atom. The molecule has 0 spiro atoms. The van der Waals surface area contributed by atoms with E-state index in [4.69, 9.17) is 10.8 Å². The van der Waals surface area contributed by atoms with Gasteiger partial charge in [0.25, 0.3) is 0 Å². The molecule has 1 aromatic rings.